The normalized spacial score (nSPS) is 16.4. The van der Waals surface area contributed by atoms with Gasteiger partial charge in [0, 0.05) is 0 Å². The fourth-order valence-corrected chi connectivity index (χ4v) is 3.18. The van der Waals surface area contributed by atoms with Crippen molar-refractivity contribution in [3.05, 3.63) is 24.3 Å². The maximum atomic E-state index is 8.57. The summed E-state index contributed by atoms with van der Waals surface area (Å²) in [6.45, 7) is 14.5. The molecule has 0 spiro atoms. The van der Waals surface area contributed by atoms with Crippen LogP contribution in [0.4, 0.5) is 0 Å². The Balaban J connectivity index is 1.35. The van der Waals surface area contributed by atoms with Crippen molar-refractivity contribution in [1.29, 1.82) is 0 Å². The molecular weight excluding hydrogens is 483 g/mol. The Morgan fingerprint density at radius 3 is 1.30 bits per heavy atom. The van der Waals surface area contributed by atoms with E-state index in [2.05, 4.69) is 0 Å². The van der Waals surface area contributed by atoms with Gasteiger partial charge >= 0.3 is 7.12 Å². The largest absolute Gasteiger partial charge is 0.494 e. The van der Waals surface area contributed by atoms with Crippen LogP contribution in [-0.4, -0.2) is 116 Å². The molecule has 0 amide bonds. The molecule has 0 radical (unpaired) electrons. The van der Waals surface area contributed by atoms with Crippen molar-refractivity contribution in [1.82, 2.24) is 0 Å². The molecule has 0 aliphatic carbocycles. The Kier molecular flexibility index (Phi) is 15.6. The second kappa shape index (κ2) is 18.1. The standard InChI is InChI=1S/C26H45BO10/c1-25(2)26(3,4)37-27(36-25)23-5-7-24(8-6-23)35-22-21-34-20-19-33-18-17-32-16-15-31-14-13-30-12-11-29-10-9-28/h5-8,28H,9-22H2,1-4H3. The highest BCUT2D eigenvalue weighted by Crippen LogP contribution is 2.36. The van der Waals surface area contributed by atoms with Crippen molar-refractivity contribution < 1.29 is 47.6 Å². The van der Waals surface area contributed by atoms with Gasteiger partial charge in [-0.25, -0.2) is 0 Å². The molecule has 0 aromatic heterocycles. The van der Waals surface area contributed by atoms with Crippen molar-refractivity contribution >= 4 is 12.6 Å². The molecule has 1 heterocycles. The number of hydrogen-bond donors (Lipinski definition) is 1. The van der Waals surface area contributed by atoms with E-state index in [-0.39, 0.29) is 24.9 Å². The lowest BCUT2D eigenvalue weighted by molar-refractivity contribution is -0.0191. The van der Waals surface area contributed by atoms with E-state index >= 15 is 0 Å². The highest BCUT2D eigenvalue weighted by atomic mass is 16.7. The summed E-state index contributed by atoms with van der Waals surface area (Å²) in [5, 5.41) is 8.57. The molecule has 37 heavy (non-hydrogen) atoms. The van der Waals surface area contributed by atoms with Gasteiger partial charge in [-0.15, -0.1) is 0 Å². The van der Waals surface area contributed by atoms with Crippen LogP contribution in [-0.2, 0) is 37.7 Å². The molecule has 212 valence electrons. The maximum Gasteiger partial charge on any atom is 0.494 e. The lowest BCUT2D eigenvalue weighted by atomic mass is 9.79. The molecule has 10 nitrogen and oxygen atoms in total. The lowest BCUT2D eigenvalue weighted by Gasteiger charge is -2.32. The Morgan fingerprint density at radius 2 is 0.919 bits per heavy atom. The third-order valence-electron chi connectivity index (χ3n) is 6.00. The molecule has 1 fully saturated rings. The molecule has 0 saturated carbocycles. The molecule has 1 saturated heterocycles. The third kappa shape index (κ3) is 12.9. The molecule has 1 aromatic carbocycles. The van der Waals surface area contributed by atoms with Gasteiger partial charge in [-0.05, 0) is 45.3 Å². The monoisotopic (exact) mass is 528 g/mol. The van der Waals surface area contributed by atoms with Gasteiger partial charge < -0.3 is 47.6 Å². The summed E-state index contributed by atoms with van der Waals surface area (Å²) in [6, 6.07) is 7.77. The van der Waals surface area contributed by atoms with Gasteiger partial charge in [0.15, 0.2) is 0 Å². The maximum absolute atomic E-state index is 8.57. The van der Waals surface area contributed by atoms with Crippen molar-refractivity contribution in [2.45, 2.75) is 38.9 Å². The van der Waals surface area contributed by atoms with Crippen LogP contribution in [0.5, 0.6) is 5.75 Å². The highest BCUT2D eigenvalue weighted by Gasteiger charge is 2.51. The number of aliphatic hydroxyl groups excluding tert-OH is 1. The topological polar surface area (TPSA) is 103 Å². The zero-order chi connectivity index (χ0) is 26.8. The van der Waals surface area contributed by atoms with Gasteiger partial charge in [-0.1, -0.05) is 12.1 Å². The van der Waals surface area contributed by atoms with Gasteiger partial charge in [0.2, 0.25) is 0 Å². The first-order valence-electron chi connectivity index (χ1n) is 13.0. The summed E-state index contributed by atoms with van der Waals surface area (Å²) < 4.78 is 50.2. The first-order chi connectivity index (χ1) is 17.9. The molecule has 0 bridgehead atoms. The van der Waals surface area contributed by atoms with E-state index < -0.39 is 0 Å². The first-order valence-corrected chi connectivity index (χ1v) is 13.0. The molecule has 1 N–H and O–H groups in total. The lowest BCUT2D eigenvalue weighted by Crippen LogP contribution is -2.41. The minimum atomic E-state index is -0.374. The van der Waals surface area contributed by atoms with Crippen LogP contribution in [0.3, 0.4) is 0 Å². The van der Waals surface area contributed by atoms with Crippen molar-refractivity contribution in [2.75, 3.05) is 92.5 Å². The quantitative estimate of drug-likeness (QED) is 0.176. The second-order valence-corrected chi connectivity index (χ2v) is 9.40. The molecule has 1 aliphatic heterocycles. The smallest absolute Gasteiger partial charge is 0.491 e. The third-order valence-corrected chi connectivity index (χ3v) is 6.00. The van der Waals surface area contributed by atoms with Crippen LogP contribution >= 0.6 is 0 Å². The average Bonchev–Trinajstić information content (AvgIpc) is 3.09. The molecular formula is C26H45BO10. The van der Waals surface area contributed by atoms with Crippen molar-refractivity contribution in [2.24, 2.45) is 0 Å². The number of aliphatic hydroxyl groups is 1. The molecule has 2 rings (SSSR count). The van der Waals surface area contributed by atoms with Crippen molar-refractivity contribution in [3.63, 3.8) is 0 Å². The zero-order valence-corrected chi connectivity index (χ0v) is 22.9. The molecule has 11 heteroatoms. The number of rotatable bonds is 22. The fourth-order valence-electron chi connectivity index (χ4n) is 3.18. The number of benzene rings is 1. The molecule has 0 atom stereocenters. The van der Waals surface area contributed by atoms with E-state index in [0.717, 1.165) is 11.2 Å². The average molecular weight is 528 g/mol. The first kappa shape index (κ1) is 31.9. The Labute approximate surface area is 221 Å². The summed E-state index contributed by atoms with van der Waals surface area (Å²) >= 11 is 0. The van der Waals surface area contributed by atoms with E-state index in [4.69, 9.17) is 47.6 Å². The van der Waals surface area contributed by atoms with Gasteiger partial charge in [-0.2, -0.15) is 0 Å². The predicted octanol–water partition coefficient (Wildman–Crippen LogP) is 1.46. The molecule has 0 unspecified atom stereocenters. The van der Waals surface area contributed by atoms with Crippen LogP contribution in [0, 0.1) is 0 Å². The van der Waals surface area contributed by atoms with Crippen LogP contribution in [0.1, 0.15) is 27.7 Å². The van der Waals surface area contributed by atoms with E-state index in [1.165, 1.54) is 0 Å². The second-order valence-electron chi connectivity index (χ2n) is 9.40. The minimum Gasteiger partial charge on any atom is -0.491 e. The summed E-state index contributed by atoms with van der Waals surface area (Å²) in [4.78, 5) is 0. The van der Waals surface area contributed by atoms with E-state index in [9.17, 15) is 0 Å². The fraction of sp³-hybridized carbons (Fsp3) is 0.769. The Bertz CT molecular complexity index is 685. The summed E-state index contributed by atoms with van der Waals surface area (Å²) in [6.07, 6.45) is 0. The SMILES string of the molecule is CC1(C)OB(c2ccc(OCCOCCOCCOCCOCCOCCOCCO)cc2)OC1(C)C. The van der Waals surface area contributed by atoms with Crippen molar-refractivity contribution in [3.8, 4) is 5.75 Å². The highest BCUT2D eigenvalue weighted by molar-refractivity contribution is 6.62. The Hall–Kier alpha value is -1.28. The van der Waals surface area contributed by atoms with E-state index in [1.54, 1.807) is 0 Å². The van der Waals surface area contributed by atoms with E-state index in [1.807, 2.05) is 52.0 Å². The van der Waals surface area contributed by atoms with Gasteiger partial charge in [0.25, 0.3) is 0 Å². The van der Waals surface area contributed by atoms with Gasteiger partial charge in [0.05, 0.1) is 97.1 Å². The molecule has 1 aliphatic rings. The van der Waals surface area contributed by atoms with Crippen LogP contribution < -0.4 is 10.2 Å². The van der Waals surface area contributed by atoms with E-state index in [0.29, 0.717) is 85.9 Å². The minimum absolute atomic E-state index is 0.0278. The Morgan fingerprint density at radius 1 is 0.568 bits per heavy atom. The van der Waals surface area contributed by atoms with Gasteiger partial charge in [-0.3, -0.25) is 0 Å². The summed E-state index contributed by atoms with van der Waals surface area (Å²) in [5.41, 5.74) is 0.258. The van der Waals surface area contributed by atoms with Crippen LogP contribution in [0.2, 0.25) is 0 Å². The summed E-state index contributed by atoms with van der Waals surface area (Å²) in [7, 11) is -0.374. The molecule has 1 aromatic rings. The number of hydrogen-bond acceptors (Lipinski definition) is 10. The number of ether oxygens (including phenoxy) is 7. The van der Waals surface area contributed by atoms with Crippen LogP contribution in [0.15, 0.2) is 24.3 Å². The van der Waals surface area contributed by atoms with Crippen LogP contribution in [0.25, 0.3) is 0 Å². The predicted molar refractivity (Wildman–Crippen MR) is 140 cm³/mol. The van der Waals surface area contributed by atoms with Gasteiger partial charge in [0.1, 0.15) is 12.4 Å². The summed E-state index contributed by atoms with van der Waals surface area (Å²) in [5.74, 6) is 0.776. The zero-order valence-electron chi connectivity index (χ0n) is 22.9.